The van der Waals surface area contributed by atoms with Crippen LogP contribution in [0.15, 0.2) is 187 Å². The summed E-state index contributed by atoms with van der Waals surface area (Å²) in [6, 6.07) is 53.6. The molecule has 0 radical (unpaired) electrons. The molecule has 2 aliphatic rings. The first kappa shape index (κ1) is 43.9. The van der Waals surface area contributed by atoms with Crippen LogP contribution < -0.4 is 26.5 Å². The van der Waals surface area contributed by atoms with E-state index in [-0.39, 0.29) is 11.4 Å². The Morgan fingerprint density at radius 2 is 1.17 bits per heavy atom. The molecule has 3 N–H and O–H groups in total. The molecule has 12 heteroatoms. The van der Waals surface area contributed by atoms with E-state index in [1.54, 1.807) is 20.8 Å². The lowest BCUT2D eigenvalue weighted by Gasteiger charge is -2.50. The molecule has 1 fully saturated rings. The number of aromatic hydroxyl groups is 1. The van der Waals surface area contributed by atoms with Crippen molar-refractivity contribution in [3.05, 3.63) is 204 Å². The second-order valence-corrected chi connectivity index (χ2v) is 21.2. The van der Waals surface area contributed by atoms with Crippen molar-refractivity contribution in [2.24, 2.45) is 0 Å². The number of rotatable bonds is 13. The molecule has 6 aromatic carbocycles. The van der Waals surface area contributed by atoms with Crippen molar-refractivity contribution in [2.45, 2.75) is 49.9 Å². The normalized spacial score (nSPS) is 16.6. The summed E-state index contributed by atoms with van der Waals surface area (Å²) in [6.07, 6.45) is -1.19. The van der Waals surface area contributed by atoms with Gasteiger partial charge in [0, 0.05) is 11.3 Å². The zero-order chi connectivity index (χ0) is 44.8. The second-order valence-electron chi connectivity index (χ2n) is 16.6. The van der Waals surface area contributed by atoms with Crippen molar-refractivity contribution in [3.63, 3.8) is 0 Å². The maximum atomic E-state index is 15.2. The molecule has 3 amide bonds. The van der Waals surface area contributed by atoms with Crippen molar-refractivity contribution in [1.82, 2.24) is 15.5 Å². The SMILES string of the molecule is CC(C)(C)OC(=O)NC(C(=O)NC1C(=O)N2C(C(=O)OC(c3ccccc3)c3ccccc3)=C(C[P+](c3ccccc3)(c3ccccc3)c3ccccc3)CS[C@@H]12)c1ccc(O)cc1. The first-order valence-corrected chi connectivity index (χ1v) is 24.1. The second kappa shape index (κ2) is 19.0. The van der Waals surface area contributed by atoms with Crippen LogP contribution in [0.4, 0.5) is 4.79 Å². The van der Waals surface area contributed by atoms with Gasteiger partial charge in [0.25, 0.3) is 5.91 Å². The number of benzene rings is 6. The van der Waals surface area contributed by atoms with Crippen LogP contribution in [0, 0.1) is 0 Å². The Morgan fingerprint density at radius 3 is 1.64 bits per heavy atom. The fourth-order valence-electron chi connectivity index (χ4n) is 8.22. The number of ether oxygens (including phenoxy) is 2. The molecule has 6 aromatic rings. The minimum Gasteiger partial charge on any atom is -0.508 e. The van der Waals surface area contributed by atoms with Gasteiger partial charge in [-0.3, -0.25) is 14.5 Å². The number of β-lactam (4-membered cyclic amide) rings is 1. The van der Waals surface area contributed by atoms with Gasteiger partial charge in [-0.05, 0) is 86.0 Å². The molecule has 0 aliphatic carbocycles. The van der Waals surface area contributed by atoms with Crippen LogP contribution in [-0.4, -0.2) is 62.8 Å². The van der Waals surface area contributed by atoms with E-state index in [0.717, 1.165) is 32.6 Å². The third kappa shape index (κ3) is 9.32. The number of amides is 3. The van der Waals surface area contributed by atoms with E-state index in [1.165, 1.54) is 40.9 Å². The van der Waals surface area contributed by atoms with E-state index in [2.05, 4.69) is 47.0 Å². The van der Waals surface area contributed by atoms with Crippen LogP contribution in [0.2, 0.25) is 0 Å². The Bertz CT molecular complexity index is 2490. The Morgan fingerprint density at radius 1 is 0.703 bits per heavy atom. The number of esters is 1. The van der Waals surface area contributed by atoms with Crippen LogP contribution in [0.3, 0.4) is 0 Å². The summed E-state index contributed by atoms with van der Waals surface area (Å²) in [4.78, 5) is 58.7. The number of phenols is 1. The molecule has 0 saturated carbocycles. The van der Waals surface area contributed by atoms with Crippen LogP contribution >= 0.6 is 19.0 Å². The summed E-state index contributed by atoms with van der Waals surface area (Å²) in [5, 5.41) is 18.2. The number of alkyl carbamates (subject to hydrolysis) is 1. The molecule has 0 bridgehead atoms. The lowest BCUT2D eigenvalue weighted by Crippen LogP contribution is -2.71. The highest BCUT2D eigenvalue weighted by Crippen LogP contribution is 2.58. The van der Waals surface area contributed by atoms with E-state index < -0.39 is 60.3 Å². The van der Waals surface area contributed by atoms with Crippen LogP contribution in [0.25, 0.3) is 0 Å². The van der Waals surface area contributed by atoms with Gasteiger partial charge in [0.15, 0.2) is 6.10 Å². The largest absolute Gasteiger partial charge is 0.508 e. The average Bonchev–Trinajstić information content (AvgIpc) is 3.31. The van der Waals surface area contributed by atoms with Crippen molar-refractivity contribution in [3.8, 4) is 5.75 Å². The molecule has 8 rings (SSSR count). The number of phenolic OH excluding ortho intramolecular Hbond substituents is 1. The zero-order valence-corrected chi connectivity index (χ0v) is 37.4. The van der Waals surface area contributed by atoms with Gasteiger partial charge in [0.2, 0.25) is 5.91 Å². The quantitative estimate of drug-likeness (QED) is 0.0605. The smallest absolute Gasteiger partial charge is 0.408 e. The highest BCUT2D eigenvalue weighted by Gasteiger charge is 2.57. The highest BCUT2D eigenvalue weighted by molar-refractivity contribution is 8.00. The van der Waals surface area contributed by atoms with E-state index in [9.17, 15) is 19.5 Å². The summed E-state index contributed by atoms with van der Waals surface area (Å²) in [7, 11) is -2.56. The molecular formula is C52H49N3O7PS+. The molecule has 3 atom stereocenters. The number of thioether (sulfide) groups is 1. The van der Waals surface area contributed by atoms with Gasteiger partial charge in [-0.15, -0.1) is 11.8 Å². The molecule has 0 spiro atoms. The molecule has 2 unspecified atom stereocenters. The zero-order valence-electron chi connectivity index (χ0n) is 35.7. The molecular weight excluding hydrogens is 842 g/mol. The van der Waals surface area contributed by atoms with Crippen molar-refractivity contribution >= 4 is 58.8 Å². The maximum Gasteiger partial charge on any atom is 0.408 e. The van der Waals surface area contributed by atoms with Gasteiger partial charge in [-0.1, -0.05) is 127 Å². The number of hydrogen-bond donors (Lipinski definition) is 3. The van der Waals surface area contributed by atoms with Crippen LogP contribution in [0.5, 0.6) is 5.75 Å². The van der Waals surface area contributed by atoms with E-state index in [4.69, 9.17) is 9.47 Å². The molecule has 1 saturated heterocycles. The maximum absolute atomic E-state index is 15.2. The summed E-state index contributed by atoms with van der Waals surface area (Å²) in [6.45, 7) is 5.13. The van der Waals surface area contributed by atoms with E-state index >= 15 is 4.79 Å². The van der Waals surface area contributed by atoms with Gasteiger partial charge in [-0.25, -0.2) is 9.59 Å². The standard InChI is InChI=1S/C52H48N3O7PS/c1-52(2,3)62-51(60)54-43(35-29-31-39(56)32-30-35)47(57)53-44-48(58)55-45(50(59)61-46(36-19-9-4-10-20-36)37-21-11-5-12-22-37)38(34-64-49(44)55)33-63(40-23-13-6-14-24-40,41-25-15-7-16-26-41)42-27-17-8-18-28-42/h4-32,43-44,46,49H,33-34H2,1-3H3,(H2-,53,54,56,57,60)/p+1/t43?,44?,49-/m0/s1. The molecule has 10 nitrogen and oxygen atoms in total. The van der Waals surface area contributed by atoms with E-state index in [1.807, 2.05) is 115 Å². The van der Waals surface area contributed by atoms with Crippen LogP contribution in [-0.2, 0) is 23.9 Å². The Balaban J connectivity index is 1.21. The fourth-order valence-corrected chi connectivity index (χ4v) is 14.0. The summed E-state index contributed by atoms with van der Waals surface area (Å²) < 4.78 is 12.1. The lowest BCUT2D eigenvalue weighted by molar-refractivity contribution is -0.154. The monoisotopic (exact) mass is 890 g/mol. The topological polar surface area (TPSA) is 134 Å². The molecule has 64 heavy (non-hydrogen) atoms. The van der Waals surface area contributed by atoms with E-state index in [0.29, 0.717) is 17.5 Å². The van der Waals surface area contributed by atoms with Crippen molar-refractivity contribution < 1.29 is 33.8 Å². The predicted octanol–water partition coefficient (Wildman–Crippen LogP) is 7.94. The number of hydrogen-bond acceptors (Lipinski definition) is 8. The van der Waals surface area contributed by atoms with Crippen molar-refractivity contribution in [1.29, 1.82) is 0 Å². The minimum absolute atomic E-state index is 0.0226. The van der Waals surface area contributed by atoms with Gasteiger partial charge in [-0.2, -0.15) is 0 Å². The molecule has 2 heterocycles. The average molecular weight is 891 g/mol. The highest BCUT2D eigenvalue weighted by atomic mass is 32.2. The number of nitrogens with one attached hydrogen (secondary N) is 2. The van der Waals surface area contributed by atoms with Gasteiger partial charge >= 0.3 is 12.1 Å². The third-order valence-corrected chi connectivity index (χ3v) is 16.9. The van der Waals surface area contributed by atoms with Crippen molar-refractivity contribution in [2.75, 3.05) is 11.9 Å². The minimum atomic E-state index is -2.56. The van der Waals surface area contributed by atoms with Gasteiger partial charge < -0.3 is 25.2 Å². The summed E-state index contributed by atoms with van der Waals surface area (Å²) >= 11 is 1.46. The number of carbonyl (C=O) groups is 4. The van der Waals surface area contributed by atoms with Crippen LogP contribution in [0.1, 0.15) is 49.6 Å². The van der Waals surface area contributed by atoms with Gasteiger partial charge in [0.05, 0.1) is 6.16 Å². The predicted molar refractivity (Wildman–Crippen MR) is 253 cm³/mol. The Kier molecular flexibility index (Phi) is 13.0. The molecule has 2 aliphatic heterocycles. The fraction of sp³-hybridized carbons (Fsp3) is 0.192. The lowest BCUT2D eigenvalue weighted by atomic mass is 10.00. The summed E-state index contributed by atoms with van der Waals surface area (Å²) in [5.41, 5.74) is 1.96. The van der Waals surface area contributed by atoms with Gasteiger partial charge in [0.1, 0.15) is 57.7 Å². The summed E-state index contributed by atoms with van der Waals surface area (Å²) in [5.74, 6) is -1.47. The Labute approximate surface area is 378 Å². The number of nitrogens with zero attached hydrogens (tertiary/aromatic N) is 1. The number of carbonyl (C=O) groups excluding carboxylic acids is 4. The first-order valence-electron chi connectivity index (χ1n) is 21.0. The number of fused-ring (bicyclic) bond motifs is 1. The Hall–Kier alpha value is -6.68. The molecule has 324 valence electrons. The third-order valence-electron chi connectivity index (χ3n) is 11.1. The first-order chi connectivity index (χ1) is 30.9. The molecule has 0 aromatic heterocycles.